The van der Waals surface area contributed by atoms with Crippen molar-refractivity contribution in [3.8, 4) is 11.3 Å². The number of carbonyl (C=O) groups is 1. The number of allylic oxidation sites excluding steroid dienone is 2. The molecule has 0 bridgehead atoms. The van der Waals surface area contributed by atoms with E-state index in [1.165, 1.54) is 0 Å². The third kappa shape index (κ3) is 3.92. The molecule has 0 saturated heterocycles. The molecule has 0 fully saturated rings. The Balaban J connectivity index is 1.64. The summed E-state index contributed by atoms with van der Waals surface area (Å²) in [5.41, 5.74) is 5.68. The fraction of sp³-hybridized carbons (Fsp3) is 0.182. The molecule has 27 heavy (non-hydrogen) atoms. The molecule has 2 heterocycles. The highest BCUT2D eigenvalue weighted by Crippen LogP contribution is 2.24. The molecule has 1 aliphatic rings. The summed E-state index contributed by atoms with van der Waals surface area (Å²) in [4.78, 5) is 21.5. The third-order valence-corrected chi connectivity index (χ3v) is 4.70. The Morgan fingerprint density at radius 3 is 2.81 bits per heavy atom. The van der Waals surface area contributed by atoms with Crippen LogP contribution in [0, 0.1) is 5.92 Å². The number of fused-ring (bicyclic) bond motifs is 1. The topological polar surface area (TPSA) is 67.2 Å². The van der Waals surface area contributed by atoms with Gasteiger partial charge in [-0.05, 0) is 49.4 Å². The van der Waals surface area contributed by atoms with E-state index in [1.54, 1.807) is 12.4 Å². The van der Waals surface area contributed by atoms with Crippen LogP contribution < -0.4 is 5.43 Å². The van der Waals surface area contributed by atoms with E-state index in [0.29, 0.717) is 11.5 Å². The highest BCUT2D eigenvalue weighted by atomic mass is 16.2. The van der Waals surface area contributed by atoms with Crippen LogP contribution in [-0.2, 0) is 0 Å². The van der Waals surface area contributed by atoms with Gasteiger partial charge in [-0.2, -0.15) is 5.10 Å². The quantitative estimate of drug-likeness (QED) is 0.429. The molecule has 1 aliphatic carbocycles. The van der Waals surface area contributed by atoms with Gasteiger partial charge >= 0.3 is 0 Å². The minimum atomic E-state index is -0.230. The Morgan fingerprint density at radius 1 is 1.15 bits per heavy atom. The van der Waals surface area contributed by atoms with Gasteiger partial charge in [0.05, 0.1) is 16.8 Å². The number of benzene rings is 1. The smallest absolute Gasteiger partial charge is 0.267 e. The van der Waals surface area contributed by atoms with Gasteiger partial charge in [-0.15, -0.1) is 0 Å². The average Bonchev–Trinajstić information content (AvgIpc) is 2.74. The molecule has 1 N–H and O–H groups in total. The zero-order valence-corrected chi connectivity index (χ0v) is 14.9. The molecule has 2 aromatic heterocycles. The van der Waals surface area contributed by atoms with Crippen LogP contribution in [-0.4, -0.2) is 22.1 Å². The zero-order chi connectivity index (χ0) is 18.5. The molecular formula is C22H20N4O. The zero-order valence-electron chi connectivity index (χ0n) is 14.9. The number of rotatable bonds is 4. The highest BCUT2D eigenvalue weighted by Gasteiger charge is 2.14. The molecule has 1 amide bonds. The van der Waals surface area contributed by atoms with Crippen molar-refractivity contribution >= 4 is 23.0 Å². The van der Waals surface area contributed by atoms with Crippen LogP contribution in [0.1, 0.15) is 29.6 Å². The van der Waals surface area contributed by atoms with Gasteiger partial charge in [0, 0.05) is 29.6 Å². The molecule has 0 unspecified atom stereocenters. The molecule has 4 rings (SSSR count). The van der Waals surface area contributed by atoms with Gasteiger partial charge in [0.15, 0.2) is 0 Å². The van der Waals surface area contributed by atoms with E-state index in [1.807, 2.05) is 48.7 Å². The normalized spacial score (nSPS) is 16.7. The SMILES string of the molecule is O=C(N/N=C\[C@H]1CC=CCC1)c1cc(-c2ccncc2)nc2ccccc12. The predicted molar refractivity (Wildman–Crippen MR) is 107 cm³/mol. The largest absolute Gasteiger partial charge is 0.272 e. The van der Waals surface area contributed by atoms with E-state index in [-0.39, 0.29) is 5.91 Å². The fourth-order valence-electron chi connectivity index (χ4n) is 3.25. The number of hydrazone groups is 1. The summed E-state index contributed by atoms with van der Waals surface area (Å²) < 4.78 is 0. The van der Waals surface area contributed by atoms with Crippen LogP contribution in [0.25, 0.3) is 22.2 Å². The maximum absolute atomic E-state index is 12.8. The maximum atomic E-state index is 12.8. The number of aromatic nitrogens is 2. The average molecular weight is 356 g/mol. The number of nitrogens with one attached hydrogen (secondary N) is 1. The Hall–Kier alpha value is -3.34. The molecule has 3 aromatic rings. The summed E-state index contributed by atoms with van der Waals surface area (Å²) in [5, 5.41) is 5.00. The van der Waals surface area contributed by atoms with Crippen molar-refractivity contribution in [1.82, 2.24) is 15.4 Å². The van der Waals surface area contributed by atoms with Gasteiger partial charge in [0.2, 0.25) is 0 Å². The van der Waals surface area contributed by atoms with Crippen LogP contribution in [0.15, 0.2) is 72.1 Å². The number of carbonyl (C=O) groups excluding carboxylic acids is 1. The summed E-state index contributed by atoms with van der Waals surface area (Å²) in [6.07, 6.45) is 12.7. The molecule has 0 saturated carbocycles. The maximum Gasteiger partial charge on any atom is 0.272 e. The van der Waals surface area contributed by atoms with Crippen molar-refractivity contribution < 1.29 is 4.79 Å². The number of para-hydroxylation sites is 1. The van der Waals surface area contributed by atoms with Crippen molar-refractivity contribution in [2.75, 3.05) is 0 Å². The van der Waals surface area contributed by atoms with Crippen LogP contribution in [0.3, 0.4) is 0 Å². The minimum Gasteiger partial charge on any atom is -0.267 e. The number of amides is 1. The monoisotopic (exact) mass is 356 g/mol. The van der Waals surface area contributed by atoms with Crippen LogP contribution in [0.5, 0.6) is 0 Å². The van der Waals surface area contributed by atoms with Crippen LogP contribution >= 0.6 is 0 Å². The lowest BCUT2D eigenvalue weighted by Crippen LogP contribution is -2.19. The first kappa shape index (κ1) is 17.1. The van der Waals surface area contributed by atoms with E-state index in [0.717, 1.165) is 41.4 Å². The molecule has 0 aliphatic heterocycles. The third-order valence-electron chi connectivity index (χ3n) is 4.70. The molecule has 0 spiro atoms. The summed E-state index contributed by atoms with van der Waals surface area (Å²) >= 11 is 0. The molecule has 0 radical (unpaired) electrons. The van der Waals surface area contributed by atoms with Crippen molar-refractivity contribution in [2.24, 2.45) is 11.0 Å². The minimum absolute atomic E-state index is 0.230. The van der Waals surface area contributed by atoms with Crippen LogP contribution in [0.2, 0.25) is 0 Å². The first-order valence-electron chi connectivity index (χ1n) is 9.10. The second-order valence-electron chi connectivity index (χ2n) is 6.57. The molecule has 134 valence electrons. The fourth-order valence-corrected chi connectivity index (χ4v) is 3.25. The van der Waals surface area contributed by atoms with E-state index in [2.05, 4.69) is 32.6 Å². The number of hydrogen-bond acceptors (Lipinski definition) is 4. The predicted octanol–water partition coefficient (Wildman–Crippen LogP) is 4.37. The van der Waals surface area contributed by atoms with Gasteiger partial charge in [0.1, 0.15) is 0 Å². The second-order valence-corrected chi connectivity index (χ2v) is 6.57. The lowest BCUT2D eigenvalue weighted by molar-refractivity contribution is 0.0956. The Bertz CT molecular complexity index is 1010. The van der Waals surface area contributed by atoms with Crippen LogP contribution in [0.4, 0.5) is 0 Å². The first-order chi connectivity index (χ1) is 13.3. The Morgan fingerprint density at radius 2 is 2.00 bits per heavy atom. The van der Waals surface area contributed by atoms with Gasteiger partial charge < -0.3 is 0 Å². The summed E-state index contributed by atoms with van der Waals surface area (Å²) in [7, 11) is 0. The Kier molecular flexibility index (Phi) is 5.01. The van der Waals surface area contributed by atoms with Gasteiger partial charge in [-0.25, -0.2) is 10.4 Å². The lowest BCUT2D eigenvalue weighted by Gasteiger charge is -2.12. The summed E-state index contributed by atoms with van der Waals surface area (Å²) in [5.74, 6) is 0.156. The van der Waals surface area contributed by atoms with Gasteiger partial charge in [-0.1, -0.05) is 30.4 Å². The van der Waals surface area contributed by atoms with E-state index in [9.17, 15) is 4.79 Å². The Labute approximate surface area is 157 Å². The molecular weight excluding hydrogens is 336 g/mol. The summed E-state index contributed by atoms with van der Waals surface area (Å²) in [6.45, 7) is 0. The highest BCUT2D eigenvalue weighted by molar-refractivity contribution is 6.07. The van der Waals surface area contributed by atoms with Crippen molar-refractivity contribution in [3.05, 3.63) is 72.6 Å². The first-order valence-corrected chi connectivity index (χ1v) is 9.10. The van der Waals surface area contributed by atoms with Gasteiger partial charge in [0.25, 0.3) is 5.91 Å². The molecule has 1 atom stereocenters. The van der Waals surface area contributed by atoms with E-state index in [4.69, 9.17) is 0 Å². The molecule has 5 nitrogen and oxygen atoms in total. The van der Waals surface area contributed by atoms with Crippen molar-refractivity contribution in [1.29, 1.82) is 0 Å². The lowest BCUT2D eigenvalue weighted by atomic mass is 9.96. The standard InChI is InChI=1S/C22H20N4O/c27-22(26-24-15-16-6-2-1-3-7-16)19-14-21(17-10-12-23-13-11-17)25-20-9-5-4-8-18(19)20/h1-2,4-5,8-16H,3,6-7H2,(H,26,27)/b24-15-/t16-/m0/s1. The van der Waals surface area contributed by atoms with E-state index >= 15 is 0 Å². The molecule has 1 aromatic carbocycles. The van der Waals surface area contributed by atoms with Gasteiger partial charge in [-0.3, -0.25) is 9.78 Å². The summed E-state index contributed by atoms with van der Waals surface area (Å²) in [6, 6.07) is 13.2. The van der Waals surface area contributed by atoms with E-state index < -0.39 is 0 Å². The number of hydrogen-bond donors (Lipinski definition) is 1. The van der Waals surface area contributed by atoms with Crippen molar-refractivity contribution in [3.63, 3.8) is 0 Å². The van der Waals surface area contributed by atoms with Crippen molar-refractivity contribution in [2.45, 2.75) is 19.3 Å². The second kappa shape index (κ2) is 7.91. The molecule has 5 heteroatoms. The number of pyridine rings is 2. The number of nitrogens with zero attached hydrogens (tertiary/aromatic N) is 3.